The second kappa shape index (κ2) is 4.66. The molecule has 18 heavy (non-hydrogen) atoms. The first-order valence-electron chi connectivity index (χ1n) is 4.92. The number of hydrogen-bond donors (Lipinski definition) is 2. The van der Waals surface area contributed by atoms with Crippen molar-refractivity contribution in [1.82, 2.24) is 15.0 Å². The van der Waals surface area contributed by atoms with E-state index in [-0.39, 0.29) is 23.2 Å². The number of rotatable bonds is 3. The molecular formula is C11H9FN6. The van der Waals surface area contributed by atoms with Gasteiger partial charge in [-0.25, -0.2) is 24.3 Å². The molecule has 90 valence electrons. The zero-order valence-electron chi connectivity index (χ0n) is 9.26. The maximum absolute atomic E-state index is 13.1. The topological polar surface area (TPSA) is 101 Å². The second-order valence-electron chi connectivity index (χ2n) is 3.33. The van der Waals surface area contributed by atoms with E-state index in [1.54, 1.807) is 12.1 Å². The summed E-state index contributed by atoms with van der Waals surface area (Å²) in [7, 11) is 0. The number of aromatic nitrogens is 3. The van der Waals surface area contributed by atoms with Crippen molar-refractivity contribution in [2.45, 2.75) is 0 Å². The first-order chi connectivity index (χ1) is 8.63. The monoisotopic (exact) mass is 244 g/mol. The van der Waals surface area contributed by atoms with Crippen LogP contribution in [0.2, 0.25) is 0 Å². The van der Waals surface area contributed by atoms with Crippen LogP contribution < -0.4 is 5.73 Å². The molecule has 0 saturated carbocycles. The van der Waals surface area contributed by atoms with E-state index in [9.17, 15) is 4.39 Å². The highest BCUT2D eigenvalue weighted by atomic mass is 19.1. The largest absolute Gasteiger partial charge is 0.383 e. The van der Waals surface area contributed by atoms with Crippen LogP contribution in [0.25, 0.3) is 0 Å². The predicted molar refractivity (Wildman–Crippen MR) is 65.8 cm³/mol. The lowest BCUT2D eigenvalue weighted by Gasteiger charge is -2.05. The number of nitrogen functional groups attached to an aromatic ring is 1. The van der Waals surface area contributed by atoms with E-state index in [1.165, 1.54) is 6.20 Å². The maximum Gasteiger partial charge on any atom is 0.191 e. The van der Waals surface area contributed by atoms with Crippen molar-refractivity contribution < 1.29 is 4.39 Å². The Balaban J connectivity index is 2.47. The van der Waals surface area contributed by atoms with Crippen LogP contribution >= 0.6 is 0 Å². The van der Waals surface area contributed by atoms with Crippen molar-refractivity contribution in [3.05, 3.63) is 41.7 Å². The van der Waals surface area contributed by atoms with Gasteiger partial charge in [-0.3, -0.25) is 5.41 Å². The van der Waals surface area contributed by atoms with Gasteiger partial charge in [0.2, 0.25) is 0 Å². The number of halogens is 1. The third-order valence-corrected chi connectivity index (χ3v) is 2.21. The molecule has 0 atom stereocenters. The van der Waals surface area contributed by atoms with Crippen molar-refractivity contribution in [2.75, 3.05) is 5.73 Å². The average Bonchev–Trinajstić information content (AvgIpc) is 2.39. The van der Waals surface area contributed by atoms with Crippen LogP contribution in [0.4, 0.5) is 16.0 Å². The van der Waals surface area contributed by atoms with Crippen LogP contribution in [0, 0.1) is 11.2 Å². The molecule has 0 saturated heterocycles. The number of nitrogens with two attached hydrogens (primary N) is 1. The normalized spacial score (nSPS) is 10.1. The van der Waals surface area contributed by atoms with E-state index in [1.807, 2.05) is 0 Å². The number of aliphatic imine (C=N–C) groups is 1. The molecule has 0 fully saturated rings. The summed E-state index contributed by atoms with van der Waals surface area (Å²) < 4.78 is 13.1. The van der Waals surface area contributed by atoms with Crippen LogP contribution in [0.1, 0.15) is 11.4 Å². The predicted octanol–water partition coefficient (Wildman–Crippen LogP) is 1.34. The Morgan fingerprint density at radius 3 is 2.89 bits per heavy atom. The molecule has 2 heterocycles. The summed E-state index contributed by atoms with van der Waals surface area (Å²) in [5.41, 5.74) is 5.97. The molecule has 2 rings (SSSR count). The number of nitrogens with one attached hydrogen (secondary N) is 1. The van der Waals surface area contributed by atoms with Crippen molar-refractivity contribution in [3.8, 4) is 0 Å². The minimum atomic E-state index is -0.694. The van der Waals surface area contributed by atoms with Gasteiger partial charge in [0.15, 0.2) is 17.5 Å². The van der Waals surface area contributed by atoms with Gasteiger partial charge in [0.05, 0.1) is 6.20 Å². The van der Waals surface area contributed by atoms with E-state index in [0.717, 1.165) is 6.20 Å². The molecule has 0 spiro atoms. The second-order valence-corrected chi connectivity index (χ2v) is 3.33. The van der Waals surface area contributed by atoms with Gasteiger partial charge in [0.25, 0.3) is 0 Å². The van der Waals surface area contributed by atoms with Gasteiger partial charge in [-0.1, -0.05) is 0 Å². The lowest BCUT2D eigenvalue weighted by atomic mass is 10.1. The number of hydrogen-bond acceptors (Lipinski definition) is 6. The number of nitrogens with zero attached hydrogens (tertiary/aromatic N) is 4. The molecular weight excluding hydrogens is 235 g/mol. The fraction of sp³-hybridized carbons (Fsp3) is 0. The van der Waals surface area contributed by atoms with Gasteiger partial charge in [-0.2, -0.15) is 0 Å². The number of pyridine rings is 1. The van der Waals surface area contributed by atoms with Gasteiger partial charge in [0, 0.05) is 11.8 Å². The van der Waals surface area contributed by atoms with Crippen molar-refractivity contribution in [2.24, 2.45) is 4.99 Å². The SMILES string of the molecule is C=Nc1nc(C(=N)c2cccnc2N)ncc1F. The highest BCUT2D eigenvalue weighted by Crippen LogP contribution is 2.16. The highest BCUT2D eigenvalue weighted by molar-refractivity contribution is 6.11. The molecule has 0 aliphatic rings. The summed E-state index contributed by atoms with van der Waals surface area (Å²) in [5.74, 6) is -0.699. The van der Waals surface area contributed by atoms with Crippen molar-refractivity contribution in [1.29, 1.82) is 5.41 Å². The Bertz CT molecular complexity index is 625. The van der Waals surface area contributed by atoms with Gasteiger partial charge >= 0.3 is 0 Å². The van der Waals surface area contributed by atoms with Gasteiger partial charge < -0.3 is 5.73 Å². The van der Waals surface area contributed by atoms with E-state index < -0.39 is 5.82 Å². The van der Waals surface area contributed by atoms with E-state index in [0.29, 0.717) is 5.56 Å². The molecule has 2 aromatic rings. The first-order valence-corrected chi connectivity index (χ1v) is 4.92. The summed E-state index contributed by atoms with van der Waals surface area (Å²) in [4.78, 5) is 14.8. The fourth-order valence-corrected chi connectivity index (χ4v) is 1.34. The minimum absolute atomic E-state index is 0.0125. The molecule has 2 aromatic heterocycles. The quantitative estimate of drug-likeness (QED) is 0.795. The maximum atomic E-state index is 13.1. The lowest BCUT2D eigenvalue weighted by Crippen LogP contribution is -2.10. The third kappa shape index (κ3) is 2.05. The zero-order chi connectivity index (χ0) is 13.1. The van der Waals surface area contributed by atoms with E-state index >= 15 is 0 Å². The van der Waals surface area contributed by atoms with Gasteiger partial charge in [0.1, 0.15) is 11.5 Å². The summed E-state index contributed by atoms with van der Waals surface area (Å²) >= 11 is 0. The molecule has 3 N–H and O–H groups in total. The highest BCUT2D eigenvalue weighted by Gasteiger charge is 2.13. The summed E-state index contributed by atoms with van der Waals surface area (Å²) in [6.07, 6.45) is 2.45. The van der Waals surface area contributed by atoms with Crippen LogP contribution in [-0.2, 0) is 0 Å². The Labute approximate surface area is 102 Å². The number of anilines is 1. The molecule has 0 aromatic carbocycles. The Kier molecular flexibility index (Phi) is 3.05. The van der Waals surface area contributed by atoms with Gasteiger partial charge in [-0.05, 0) is 18.9 Å². The van der Waals surface area contributed by atoms with E-state index in [2.05, 4.69) is 26.7 Å². The third-order valence-electron chi connectivity index (χ3n) is 2.21. The molecule has 0 amide bonds. The first kappa shape index (κ1) is 11.8. The van der Waals surface area contributed by atoms with Crippen molar-refractivity contribution in [3.63, 3.8) is 0 Å². The Morgan fingerprint density at radius 1 is 1.44 bits per heavy atom. The molecule has 0 unspecified atom stereocenters. The smallest absolute Gasteiger partial charge is 0.191 e. The lowest BCUT2D eigenvalue weighted by molar-refractivity contribution is 0.616. The summed E-state index contributed by atoms with van der Waals surface area (Å²) in [5, 5.41) is 7.92. The Hall–Kier alpha value is -2.70. The molecule has 0 aliphatic carbocycles. The van der Waals surface area contributed by atoms with Gasteiger partial charge in [-0.15, -0.1) is 0 Å². The van der Waals surface area contributed by atoms with E-state index in [4.69, 9.17) is 11.1 Å². The standard InChI is InChI=1S/C11H9FN6/c1-15-10-7(12)5-17-11(18-10)8(13)6-3-2-4-16-9(6)14/h2-5,13H,1H2,(H2,14,16). The summed E-state index contributed by atoms with van der Waals surface area (Å²) in [6.45, 7) is 3.19. The molecule has 7 heteroatoms. The fourth-order valence-electron chi connectivity index (χ4n) is 1.34. The molecule has 6 nitrogen and oxygen atoms in total. The van der Waals surface area contributed by atoms with Crippen LogP contribution in [0.15, 0.2) is 29.5 Å². The molecule has 0 aliphatic heterocycles. The van der Waals surface area contributed by atoms with Crippen LogP contribution in [-0.4, -0.2) is 27.4 Å². The Morgan fingerprint density at radius 2 is 2.22 bits per heavy atom. The zero-order valence-corrected chi connectivity index (χ0v) is 9.26. The van der Waals surface area contributed by atoms with Crippen LogP contribution in [0.5, 0.6) is 0 Å². The summed E-state index contributed by atoms with van der Waals surface area (Å²) in [6, 6.07) is 3.24. The average molecular weight is 244 g/mol. The van der Waals surface area contributed by atoms with Crippen molar-refractivity contribution >= 4 is 24.1 Å². The van der Waals surface area contributed by atoms with Crippen LogP contribution in [0.3, 0.4) is 0 Å². The minimum Gasteiger partial charge on any atom is -0.383 e. The molecule has 0 bridgehead atoms. The molecule has 0 radical (unpaired) electrons.